The summed E-state index contributed by atoms with van der Waals surface area (Å²) in [5, 5.41) is 3.42. The SMILES string of the molecule is O=C(/N=c1\[nH]c2cnc(OCCN3CCCCC3)cc2n1C1CCNCC1)c1ccccc1. The van der Waals surface area contributed by atoms with E-state index in [0.717, 1.165) is 56.6 Å². The maximum atomic E-state index is 12.8. The summed E-state index contributed by atoms with van der Waals surface area (Å²) in [6.07, 6.45) is 7.63. The molecule has 174 valence electrons. The van der Waals surface area contributed by atoms with Gasteiger partial charge in [-0.25, -0.2) is 4.98 Å². The summed E-state index contributed by atoms with van der Waals surface area (Å²) >= 11 is 0. The number of imidazole rings is 1. The van der Waals surface area contributed by atoms with Crippen LogP contribution in [-0.2, 0) is 0 Å². The van der Waals surface area contributed by atoms with Gasteiger partial charge >= 0.3 is 0 Å². The topological polar surface area (TPSA) is 87.5 Å². The molecule has 8 heteroatoms. The number of hydrogen-bond donors (Lipinski definition) is 2. The van der Waals surface area contributed by atoms with Gasteiger partial charge in [0.25, 0.3) is 5.91 Å². The first-order valence-corrected chi connectivity index (χ1v) is 12.1. The third-order valence-electron chi connectivity index (χ3n) is 6.60. The lowest BCUT2D eigenvalue weighted by Gasteiger charge is -2.26. The van der Waals surface area contributed by atoms with Crippen molar-refractivity contribution in [2.75, 3.05) is 39.3 Å². The molecule has 2 aliphatic rings. The second-order valence-electron chi connectivity index (χ2n) is 8.87. The Morgan fingerprint density at radius 2 is 1.91 bits per heavy atom. The molecule has 0 saturated carbocycles. The van der Waals surface area contributed by atoms with Crippen molar-refractivity contribution in [1.29, 1.82) is 0 Å². The van der Waals surface area contributed by atoms with E-state index in [2.05, 4.69) is 29.7 Å². The number of nitrogens with one attached hydrogen (secondary N) is 2. The van der Waals surface area contributed by atoms with Crippen LogP contribution in [-0.4, -0.2) is 64.7 Å². The lowest BCUT2D eigenvalue weighted by Crippen LogP contribution is -2.34. The number of rotatable bonds is 6. The number of H-pyrrole nitrogens is 1. The van der Waals surface area contributed by atoms with Gasteiger partial charge in [0.1, 0.15) is 6.61 Å². The van der Waals surface area contributed by atoms with Gasteiger partial charge in [-0.3, -0.25) is 9.69 Å². The van der Waals surface area contributed by atoms with Crippen molar-refractivity contribution < 1.29 is 9.53 Å². The zero-order valence-electron chi connectivity index (χ0n) is 19.0. The minimum absolute atomic E-state index is 0.254. The minimum Gasteiger partial charge on any atom is -0.476 e. The van der Waals surface area contributed by atoms with E-state index in [1.54, 1.807) is 18.3 Å². The van der Waals surface area contributed by atoms with Gasteiger partial charge in [-0.2, -0.15) is 4.99 Å². The van der Waals surface area contributed by atoms with Crippen LogP contribution >= 0.6 is 0 Å². The average molecular weight is 449 g/mol. The zero-order chi connectivity index (χ0) is 22.5. The highest BCUT2D eigenvalue weighted by Crippen LogP contribution is 2.24. The number of carbonyl (C=O) groups is 1. The van der Waals surface area contributed by atoms with Crippen LogP contribution in [0.5, 0.6) is 5.88 Å². The number of amides is 1. The number of nitrogens with zero attached hydrogens (tertiary/aromatic N) is 4. The van der Waals surface area contributed by atoms with Crippen molar-refractivity contribution in [3.05, 3.63) is 53.8 Å². The number of ether oxygens (including phenoxy) is 1. The number of benzene rings is 1. The number of hydrogen-bond acceptors (Lipinski definition) is 5. The van der Waals surface area contributed by atoms with E-state index in [1.807, 2.05) is 24.3 Å². The summed E-state index contributed by atoms with van der Waals surface area (Å²) < 4.78 is 8.19. The number of aromatic amines is 1. The molecule has 0 spiro atoms. The highest BCUT2D eigenvalue weighted by Gasteiger charge is 2.20. The molecule has 2 N–H and O–H groups in total. The molecule has 1 aromatic carbocycles. The molecule has 2 aliphatic heterocycles. The van der Waals surface area contributed by atoms with Gasteiger partial charge in [-0.15, -0.1) is 0 Å². The monoisotopic (exact) mass is 448 g/mol. The molecule has 2 aromatic heterocycles. The van der Waals surface area contributed by atoms with Gasteiger partial charge in [0, 0.05) is 24.2 Å². The number of likely N-dealkylation sites (tertiary alicyclic amines) is 1. The van der Waals surface area contributed by atoms with E-state index in [-0.39, 0.29) is 11.9 Å². The smallest absolute Gasteiger partial charge is 0.280 e. The Morgan fingerprint density at radius 3 is 2.70 bits per heavy atom. The highest BCUT2D eigenvalue weighted by molar-refractivity contribution is 5.94. The minimum atomic E-state index is -0.254. The Bertz CT molecular complexity index is 1140. The Balaban J connectivity index is 1.44. The van der Waals surface area contributed by atoms with Crippen LogP contribution in [0.3, 0.4) is 0 Å². The summed E-state index contributed by atoms with van der Waals surface area (Å²) in [7, 11) is 0. The van der Waals surface area contributed by atoms with Gasteiger partial charge in [0.05, 0.1) is 17.2 Å². The van der Waals surface area contributed by atoms with Crippen molar-refractivity contribution in [2.24, 2.45) is 4.99 Å². The molecule has 33 heavy (non-hydrogen) atoms. The Kier molecular flexibility index (Phi) is 6.83. The third-order valence-corrected chi connectivity index (χ3v) is 6.60. The summed E-state index contributed by atoms with van der Waals surface area (Å²) in [6, 6.07) is 11.4. The van der Waals surface area contributed by atoms with Crippen molar-refractivity contribution in [2.45, 2.75) is 38.1 Å². The van der Waals surface area contributed by atoms with Crippen LogP contribution in [0.4, 0.5) is 0 Å². The molecular formula is C25H32N6O2. The maximum Gasteiger partial charge on any atom is 0.280 e. The molecule has 1 amide bonds. The predicted octanol–water partition coefficient (Wildman–Crippen LogP) is 2.89. The first-order valence-electron chi connectivity index (χ1n) is 12.1. The molecular weight excluding hydrogens is 416 g/mol. The van der Waals surface area contributed by atoms with Crippen LogP contribution in [0.2, 0.25) is 0 Å². The molecule has 0 aliphatic carbocycles. The molecule has 5 rings (SSSR count). The van der Waals surface area contributed by atoms with E-state index in [1.165, 1.54) is 19.3 Å². The standard InChI is InChI=1S/C25H32N6O2/c32-24(19-7-3-1-4-8-19)29-25-28-21-18-27-23(33-16-15-30-13-5-2-6-14-30)17-22(21)31(25)20-9-11-26-12-10-20/h1,3-4,7-8,17-18,20,26H,2,5-6,9-16H2,(H,28,29,32). The van der Waals surface area contributed by atoms with Gasteiger partial charge in [-0.1, -0.05) is 24.6 Å². The van der Waals surface area contributed by atoms with Gasteiger partial charge in [-0.05, 0) is 64.0 Å². The predicted molar refractivity (Wildman–Crippen MR) is 127 cm³/mol. The second-order valence-corrected chi connectivity index (χ2v) is 8.87. The van der Waals surface area contributed by atoms with E-state index in [4.69, 9.17) is 4.74 Å². The Morgan fingerprint density at radius 1 is 1.12 bits per heavy atom. The van der Waals surface area contributed by atoms with E-state index in [0.29, 0.717) is 23.7 Å². The van der Waals surface area contributed by atoms with E-state index in [9.17, 15) is 4.79 Å². The fraction of sp³-hybridized carbons (Fsp3) is 0.480. The second kappa shape index (κ2) is 10.3. The molecule has 8 nitrogen and oxygen atoms in total. The summed E-state index contributed by atoms with van der Waals surface area (Å²) in [4.78, 5) is 27.6. The van der Waals surface area contributed by atoms with E-state index < -0.39 is 0 Å². The number of aromatic nitrogens is 3. The fourth-order valence-electron chi connectivity index (χ4n) is 4.82. The normalized spacial score (nSPS) is 18.6. The quantitative estimate of drug-likeness (QED) is 0.606. The first kappa shape index (κ1) is 21.9. The summed E-state index contributed by atoms with van der Waals surface area (Å²) in [5.74, 6) is 0.359. The number of piperidine rings is 2. The largest absolute Gasteiger partial charge is 0.476 e. The van der Waals surface area contributed by atoms with Gasteiger partial charge in [0.2, 0.25) is 11.5 Å². The highest BCUT2D eigenvalue weighted by atomic mass is 16.5. The van der Waals surface area contributed by atoms with Crippen LogP contribution in [0.1, 0.15) is 48.5 Å². The van der Waals surface area contributed by atoms with Crippen molar-refractivity contribution >= 4 is 16.9 Å². The summed E-state index contributed by atoms with van der Waals surface area (Å²) in [6.45, 7) is 5.75. The van der Waals surface area contributed by atoms with Crippen molar-refractivity contribution in [1.82, 2.24) is 24.8 Å². The van der Waals surface area contributed by atoms with Crippen LogP contribution in [0, 0.1) is 0 Å². The maximum absolute atomic E-state index is 12.8. The first-order chi connectivity index (χ1) is 16.3. The zero-order valence-corrected chi connectivity index (χ0v) is 19.0. The lowest BCUT2D eigenvalue weighted by molar-refractivity contribution is 0.0996. The third kappa shape index (κ3) is 5.17. The van der Waals surface area contributed by atoms with Crippen molar-refractivity contribution in [3.63, 3.8) is 0 Å². The lowest BCUT2D eigenvalue weighted by atomic mass is 10.1. The molecule has 0 radical (unpaired) electrons. The molecule has 0 atom stereocenters. The van der Waals surface area contributed by atoms with Crippen LogP contribution in [0.15, 0.2) is 47.6 Å². The number of carbonyl (C=O) groups excluding carboxylic acids is 1. The number of pyridine rings is 1. The van der Waals surface area contributed by atoms with E-state index >= 15 is 0 Å². The molecule has 0 bridgehead atoms. The summed E-state index contributed by atoms with van der Waals surface area (Å²) in [5.41, 5.74) is 2.98. The molecule has 2 saturated heterocycles. The van der Waals surface area contributed by atoms with Gasteiger partial charge < -0.3 is 19.6 Å². The van der Waals surface area contributed by atoms with Crippen molar-refractivity contribution in [3.8, 4) is 5.88 Å². The molecule has 3 aromatic rings. The molecule has 0 unspecified atom stereocenters. The fourth-order valence-corrected chi connectivity index (χ4v) is 4.82. The van der Waals surface area contributed by atoms with Crippen LogP contribution in [0.25, 0.3) is 11.0 Å². The molecule has 4 heterocycles. The molecule has 2 fully saturated rings. The van der Waals surface area contributed by atoms with Crippen LogP contribution < -0.4 is 15.7 Å². The Labute approximate surface area is 193 Å². The number of fused-ring (bicyclic) bond motifs is 1. The Hall–Kier alpha value is -2.97. The van der Waals surface area contributed by atoms with Gasteiger partial charge in [0.15, 0.2) is 0 Å². The average Bonchev–Trinajstić information content (AvgIpc) is 3.23.